The first-order valence-electron chi connectivity index (χ1n) is 8.35. The van der Waals surface area contributed by atoms with Crippen molar-refractivity contribution in [2.75, 3.05) is 61.1 Å². The van der Waals surface area contributed by atoms with Crippen LogP contribution >= 0.6 is 0 Å². The fourth-order valence-electron chi connectivity index (χ4n) is 3.59. The maximum Gasteiger partial charge on any atom is 0.193 e. The van der Waals surface area contributed by atoms with Gasteiger partial charge in [-0.1, -0.05) is 12.8 Å². The van der Waals surface area contributed by atoms with E-state index in [-0.39, 0.29) is 11.6 Å². The fraction of sp³-hybridized carbons (Fsp3) is 0.938. The van der Waals surface area contributed by atoms with Gasteiger partial charge in [-0.25, -0.2) is 0 Å². The van der Waals surface area contributed by atoms with Crippen molar-refractivity contribution in [3.8, 4) is 0 Å². The molecule has 2 fully saturated rings. The second kappa shape index (κ2) is 8.13. The molecular formula is C16H32N4O2. The standard InChI is InChI=1S/C16H32N4O2/c1-17-15(20-9-10-22-14(11-20)12-21-4)18-13-16(19(2)3)7-5-6-8-16/h14H,5-13H2,1-4H3,(H,17,18). The molecule has 128 valence electrons. The van der Waals surface area contributed by atoms with Gasteiger partial charge in [-0.15, -0.1) is 0 Å². The smallest absolute Gasteiger partial charge is 0.193 e. The first kappa shape index (κ1) is 17.5. The van der Waals surface area contributed by atoms with Crippen LogP contribution in [0.25, 0.3) is 0 Å². The molecule has 0 radical (unpaired) electrons. The zero-order valence-corrected chi connectivity index (χ0v) is 14.6. The molecule has 1 aliphatic carbocycles. The normalized spacial score (nSPS) is 25.8. The predicted molar refractivity (Wildman–Crippen MR) is 89.4 cm³/mol. The molecule has 1 unspecified atom stereocenters. The molecule has 0 bridgehead atoms. The highest BCUT2D eigenvalue weighted by Crippen LogP contribution is 2.33. The van der Waals surface area contributed by atoms with Crippen LogP contribution in [0.2, 0.25) is 0 Å². The topological polar surface area (TPSA) is 49.3 Å². The summed E-state index contributed by atoms with van der Waals surface area (Å²) in [5.74, 6) is 0.984. The summed E-state index contributed by atoms with van der Waals surface area (Å²) in [6.07, 6.45) is 5.31. The molecule has 2 rings (SSSR count). The highest BCUT2D eigenvalue weighted by molar-refractivity contribution is 5.80. The molecule has 1 atom stereocenters. The highest BCUT2D eigenvalue weighted by atomic mass is 16.5. The van der Waals surface area contributed by atoms with Crippen molar-refractivity contribution < 1.29 is 9.47 Å². The molecule has 1 saturated carbocycles. The molecular weight excluding hydrogens is 280 g/mol. The largest absolute Gasteiger partial charge is 0.382 e. The number of nitrogens with one attached hydrogen (secondary N) is 1. The van der Waals surface area contributed by atoms with Gasteiger partial charge in [-0.05, 0) is 26.9 Å². The molecule has 22 heavy (non-hydrogen) atoms. The number of guanidine groups is 1. The molecule has 1 saturated heterocycles. The van der Waals surface area contributed by atoms with Crippen molar-refractivity contribution in [3.05, 3.63) is 0 Å². The van der Waals surface area contributed by atoms with E-state index in [1.54, 1.807) is 7.11 Å². The Morgan fingerprint density at radius 1 is 1.41 bits per heavy atom. The molecule has 0 aromatic carbocycles. The Kier molecular flexibility index (Phi) is 6.47. The van der Waals surface area contributed by atoms with Gasteiger partial charge in [0.05, 0.1) is 19.3 Å². The van der Waals surface area contributed by atoms with Gasteiger partial charge in [0, 0.05) is 39.3 Å². The third kappa shape index (κ3) is 4.12. The average molecular weight is 312 g/mol. The summed E-state index contributed by atoms with van der Waals surface area (Å²) in [4.78, 5) is 9.14. The number of aliphatic imine (C=N–C) groups is 1. The molecule has 6 heteroatoms. The second-order valence-electron chi connectivity index (χ2n) is 6.62. The second-order valence-corrected chi connectivity index (χ2v) is 6.62. The molecule has 1 heterocycles. The van der Waals surface area contributed by atoms with Crippen LogP contribution in [-0.2, 0) is 9.47 Å². The Bertz CT molecular complexity index is 365. The van der Waals surface area contributed by atoms with Gasteiger partial charge in [-0.3, -0.25) is 4.99 Å². The Hall–Kier alpha value is -0.850. The van der Waals surface area contributed by atoms with Gasteiger partial charge in [0.1, 0.15) is 0 Å². The molecule has 0 spiro atoms. The molecule has 6 nitrogen and oxygen atoms in total. The maximum atomic E-state index is 5.72. The van der Waals surface area contributed by atoms with E-state index in [4.69, 9.17) is 9.47 Å². The van der Waals surface area contributed by atoms with Gasteiger partial charge < -0.3 is 24.6 Å². The number of hydrogen-bond acceptors (Lipinski definition) is 4. The van der Waals surface area contributed by atoms with Crippen molar-refractivity contribution in [1.82, 2.24) is 15.1 Å². The number of rotatable bonds is 5. The Labute approximate surface area is 134 Å². The lowest BCUT2D eigenvalue weighted by molar-refractivity contribution is -0.0448. The summed E-state index contributed by atoms with van der Waals surface area (Å²) < 4.78 is 10.9. The van der Waals surface area contributed by atoms with E-state index in [1.807, 2.05) is 7.05 Å². The van der Waals surface area contributed by atoms with E-state index < -0.39 is 0 Å². The SMILES string of the molecule is CN=C(NCC1(N(C)C)CCCC1)N1CCOC(COC)C1. The van der Waals surface area contributed by atoms with E-state index in [0.29, 0.717) is 6.61 Å². The van der Waals surface area contributed by atoms with Crippen LogP contribution in [0.1, 0.15) is 25.7 Å². The minimum atomic E-state index is 0.131. The first-order chi connectivity index (χ1) is 10.6. The highest BCUT2D eigenvalue weighted by Gasteiger charge is 2.36. The monoisotopic (exact) mass is 312 g/mol. The van der Waals surface area contributed by atoms with Crippen molar-refractivity contribution in [2.24, 2.45) is 4.99 Å². The van der Waals surface area contributed by atoms with E-state index >= 15 is 0 Å². The van der Waals surface area contributed by atoms with Crippen molar-refractivity contribution >= 4 is 5.96 Å². The summed E-state index contributed by atoms with van der Waals surface area (Å²) >= 11 is 0. The van der Waals surface area contributed by atoms with Crippen LogP contribution in [0.15, 0.2) is 4.99 Å². The van der Waals surface area contributed by atoms with Crippen LogP contribution in [0, 0.1) is 0 Å². The van der Waals surface area contributed by atoms with Gasteiger partial charge in [0.2, 0.25) is 0 Å². The van der Waals surface area contributed by atoms with E-state index in [1.165, 1.54) is 25.7 Å². The number of likely N-dealkylation sites (N-methyl/N-ethyl adjacent to an activating group) is 1. The predicted octanol–water partition coefficient (Wildman–Crippen LogP) is 0.783. The molecule has 0 aromatic rings. The Morgan fingerprint density at radius 2 is 2.14 bits per heavy atom. The Balaban J connectivity index is 1.92. The van der Waals surface area contributed by atoms with Crippen molar-refractivity contribution in [1.29, 1.82) is 0 Å². The van der Waals surface area contributed by atoms with Crippen LogP contribution in [0.5, 0.6) is 0 Å². The van der Waals surface area contributed by atoms with Gasteiger partial charge >= 0.3 is 0 Å². The lowest BCUT2D eigenvalue weighted by atomic mass is 9.96. The maximum absolute atomic E-state index is 5.72. The number of hydrogen-bond donors (Lipinski definition) is 1. The first-order valence-corrected chi connectivity index (χ1v) is 8.35. The molecule has 2 aliphatic rings. The third-order valence-corrected chi connectivity index (χ3v) is 5.06. The van der Waals surface area contributed by atoms with Crippen LogP contribution < -0.4 is 5.32 Å². The zero-order chi connectivity index (χ0) is 16.0. The number of ether oxygens (including phenoxy) is 2. The van der Waals surface area contributed by atoms with Crippen molar-refractivity contribution in [2.45, 2.75) is 37.3 Å². The van der Waals surface area contributed by atoms with Crippen LogP contribution in [-0.4, -0.2) is 88.5 Å². The Morgan fingerprint density at radius 3 is 2.73 bits per heavy atom. The molecule has 1 aliphatic heterocycles. The summed E-state index contributed by atoms with van der Waals surface area (Å²) in [7, 11) is 7.97. The quantitative estimate of drug-likeness (QED) is 0.601. The summed E-state index contributed by atoms with van der Waals surface area (Å²) in [6.45, 7) is 4.04. The van der Waals surface area contributed by atoms with Crippen molar-refractivity contribution in [3.63, 3.8) is 0 Å². The van der Waals surface area contributed by atoms with E-state index in [9.17, 15) is 0 Å². The molecule has 0 amide bonds. The molecule has 0 aromatic heterocycles. The third-order valence-electron chi connectivity index (χ3n) is 5.06. The van der Waals surface area contributed by atoms with E-state index in [0.717, 1.165) is 32.2 Å². The summed E-state index contributed by atoms with van der Waals surface area (Å²) in [6, 6.07) is 0. The fourth-order valence-corrected chi connectivity index (χ4v) is 3.59. The summed E-state index contributed by atoms with van der Waals surface area (Å²) in [5, 5.41) is 3.60. The average Bonchev–Trinajstić information content (AvgIpc) is 2.99. The van der Waals surface area contributed by atoms with Gasteiger partial charge in [0.15, 0.2) is 5.96 Å². The van der Waals surface area contributed by atoms with Gasteiger partial charge in [0.25, 0.3) is 0 Å². The van der Waals surface area contributed by atoms with Crippen LogP contribution in [0.3, 0.4) is 0 Å². The van der Waals surface area contributed by atoms with E-state index in [2.05, 4.69) is 34.2 Å². The molecule has 1 N–H and O–H groups in total. The van der Waals surface area contributed by atoms with Crippen LogP contribution in [0.4, 0.5) is 0 Å². The zero-order valence-electron chi connectivity index (χ0n) is 14.6. The number of methoxy groups -OCH3 is 1. The lowest BCUT2D eigenvalue weighted by Gasteiger charge is -2.39. The minimum absolute atomic E-state index is 0.131. The summed E-state index contributed by atoms with van der Waals surface area (Å²) in [5.41, 5.74) is 0.272. The van der Waals surface area contributed by atoms with Gasteiger partial charge in [-0.2, -0.15) is 0 Å². The number of morpholine rings is 1. The lowest BCUT2D eigenvalue weighted by Crippen LogP contribution is -2.56. The minimum Gasteiger partial charge on any atom is -0.382 e. The number of nitrogens with zero attached hydrogens (tertiary/aromatic N) is 3.